The molecule has 0 spiro atoms. The molecule has 238 valence electrons. The molecule has 13 heteroatoms. The van der Waals surface area contributed by atoms with Crippen LogP contribution in [0.25, 0.3) is 0 Å². The number of carbonyl (C=O) groups excluding carboxylic acids is 3. The van der Waals surface area contributed by atoms with Crippen molar-refractivity contribution in [1.82, 2.24) is 20.5 Å². The molecule has 12 nitrogen and oxygen atoms in total. The summed E-state index contributed by atoms with van der Waals surface area (Å²) in [6.45, 7) is 0.606. The van der Waals surface area contributed by atoms with Gasteiger partial charge in [0.2, 0.25) is 5.91 Å². The third-order valence-electron chi connectivity index (χ3n) is 7.47. The van der Waals surface area contributed by atoms with E-state index in [9.17, 15) is 18.8 Å². The zero-order valence-corrected chi connectivity index (χ0v) is 24.9. The molecule has 0 radical (unpaired) electrons. The van der Waals surface area contributed by atoms with Crippen LogP contribution >= 0.6 is 0 Å². The second kappa shape index (κ2) is 14.7. The number of piperidine rings is 1. The highest BCUT2D eigenvalue weighted by molar-refractivity contribution is 5.95. The maximum Gasteiger partial charge on any atom is 0.276 e. The lowest BCUT2D eigenvalue weighted by Crippen LogP contribution is -2.58. The lowest BCUT2D eigenvalue weighted by atomic mass is 10.0. The Morgan fingerprint density at radius 1 is 1.11 bits per heavy atom. The van der Waals surface area contributed by atoms with Gasteiger partial charge in [0.1, 0.15) is 24.3 Å². The number of hydrogen-bond donors (Lipinski definition) is 3. The minimum Gasteiger partial charge on any atom is -0.493 e. The number of nitrogens with one attached hydrogen (secondary N) is 2. The van der Waals surface area contributed by atoms with Crippen LogP contribution in [0.4, 0.5) is 4.39 Å². The predicted molar refractivity (Wildman–Crippen MR) is 161 cm³/mol. The zero-order valence-electron chi connectivity index (χ0n) is 24.9. The van der Waals surface area contributed by atoms with Crippen molar-refractivity contribution in [2.24, 2.45) is 5.73 Å². The Labute approximate surface area is 260 Å². The molecule has 5 rings (SSSR count). The minimum absolute atomic E-state index is 0.0825. The number of nitrogens with two attached hydrogens (primary N) is 1. The van der Waals surface area contributed by atoms with Crippen LogP contribution in [0.15, 0.2) is 54.7 Å². The summed E-state index contributed by atoms with van der Waals surface area (Å²) in [6, 6.07) is 12.1. The average Bonchev–Trinajstić information content (AvgIpc) is 3.04. The van der Waals surface area contributed by atoms with Gasteiger partial charge in [0.05, 0.1) is 13.2 Å². The molecule has 3 aromatic rings. The van der Waals surface area contributed by atoms with Crippen LogP contribution in [-0.4, -0.2) is 79.7 Å². The van der Waals surface area contributed by atoms with E-state index in [2.05, 4.69) is 15.6 Å². The van der Waals surface area contributed by atoms with Gasteiger partial charge in [0.25, 0.3) is 11.8 Å². The number of methoxy groups -OCH3 is 1. The topological polar surface area (TPSA) is 154 Å². The molecule has 1 saturated heterocycles. The van der Waals surface area contributed by atoms with Crippen molar-refractivity contribution in [3.05, 3.63) is 77.4 Å². The number of rotatable bonds is 5. The molecule has 4 bridgehead atoms. The minimum atomic E-state index is -0.686. The summed E-state index contributed by atoms with van der Waals surface area (Å²) < 4.78 is 37.7. The quantitative estimate of drug-likeness (QED) is 0.388. The molecule has 3 heterocycles. The highest BCUT2D eigenvalue weighted by atomic mass is 19.1. The van der Waals surface area contributed by atoms with E-state index in [1.165, 1.54) is 25.4 Å². The second-order valence-electron chi connectivity index (χ2n) is 10.7. The highest BCUT2D eigenvalue weighted by Crippen LogP contribution is 2.29. The second-order valence-corrected chi connectivity index (χ2v) is 10.7. The molecule has 45 heavy (non-hydrogen) atoms. The average molecular weight is 622 g/mol. The molecule has 2 aliphatic rings. The smallest absolute Gasteiger partial charge is 0.276 e. The van der Waals surface area contributed by atoms with E-state index in [0.717, 1.165) is 5.56 Å². The number of benzene rings is 2. The van der Waals surface area contributed by atoms with E-state index in [4.69, 9.17) is 24.7 Å². The van der Waals surface area contributed by atoms with Crippen molar-refractivity contribution in [3.8, 4) is 23.0 Å². The highest BCUT2D eigenvalue weighted by Gasteiger charge is 2.36. The van der Waals surface area contributed by atoms with Crippen LogP contribution < -0.4 is 35.3 Å². The summed E-state index contributed by atoms with van der Waals surface area (Å²) >= 11 is 0. The van der Waals surface area contributed by atoms with Gasteiger partial charge in [0, 0.05) is 51.3 Å². The molecule has 3 amide bonds. The maximum atomic E-state index is 14.6. The first-order chi connectivity index (χ1) is 21.8. The van der Waals surface area contributed by atoms with Gasteiger partial charge < -0.3 is 40.2 Å². The zero-order chi connectivity index (χ0) is 31.8. The van der Waals surface area contributed by atoms with Crippen molar-refractivity contribution in [2.45, 2.75) is 38.0 Å². The number of likely N-dealkylation sites (tertiary alicyclic amines) is 1. The molecule has 2 atom stereocenters. The van der Waals surface area contributed by atoms with Gasteiger partial charge in [-0.2, -0.15) is 0 Å². The van der Waals surface area contributed by atoms with Gasteiger partial charge in [-0.3, -0.25) is 14.4 Å². The number of fused-ring (bicyclic) bond motifs is 5. The van der Waals surface area contributed by atoms with Crippen molar-refractivity contribution in [2.75, 3.05) is 40.0 Å². The Morgan fingerprint density at radius 2 is 1.98 bits per heavy atom. The molecule has 0 saturated carbocycles. The van der Waals surface area contributed by atoms with E-state index in [1.807, 2.05) is 6.07 Å². The van der Waals surface area contributed by atoms with Crippen LogP contribution in [0, 0.1) is 5.82 Å². The number of ether oxygens (including phenoxy) is 4. The van der Waals surface area contributed by atoms with E-state index >= 15 is 0 Å². The van der Waals surface area contributed by atoms with E-state index in [0.29, 0.717) is 35.7 Å². The van der Waals surface area contributed by atoms with E-state index < -0.39 is 23.9 Å². The Hall–Kier alpha value is -4.91. The Morgan fingerprint density at radius 3 is 2.80 bits per heavy atom. The number of nitrogens with zero attached hydrogens (tertiary/aromatic N) is 2. The monoisotopic (exact) mass is 621 g/mol. The van der Waals surface area contributed by atoms with Crippen LogP contribution in [0.2, 0.25) is 0 Å². The van der Waals surface area contributed by atoms with Crippen LogP contribution in [0.1, 0.15) is 34.5 Å². The van der Waals surface area contributed by atoms with E-state index in [1.54, 1.807) is 35.2 Å². The fourth-order valence-electron chi connectivity index (χ4n) is 5.27. The number of hydrogen-bond acceptors (Lipinski definition) is 9. The van der Waals surface area contributed by atoms with Crippen molar-refractivity contribution in [3.63, 3.8) is 0 Å². The van der Waals surface area contributed by atoms with Gasteiger partial charge in [-0.25, -0.2) is 9.37 Å². The molecular formula is C32H36FN5O7. The summed E-state index contributed by atoms with van der Waals surface area (Å²) in [4.78, 5) is 45.2. The summed E-state index contributed by atoms with van der Waals surface area (Å²) in [5.41, 5.74) is 7.04. The van der Waals surface area contributed by atoms with Gasteiger partial charge in [-0.05, 0) is 53.9 Å². The number of amides is 3. The first-order valence-corrected chi connectivity index (χ1v) is 14.7. The number of pyridine rings is 1. The molecule has 2 aliphatic heterocycles. The standard InChI is InChI=1S/C32H36FN5O7/c1-42-26-6-4-20-5-7-29(39)36-17-21-13-22(33)16-23(14-21)45-25-8-11-38(18-24(25)37-30(40)19-44-28(26)15-20)32(41)31-27(43-12-9-34)3-2-10-35-31/h2-4,6,10,13-16,24-25H,5,7-9,11-12,17-19,34H2,1H3,(H,36,39)(H,37,40)/t24-,25-/m1/s1. The molecule has 2 aromatic carbocycles. The van der Waals surface area contributed by atoms with Crippen LogP contribution in [0.5, 0.6) is 23.0 Å². The molecule has 4 N–H and O–H groups in total. The van der Waals surface area contributed by atoms with Crippen molar-refractivity contribution >= 4 is 17.7 Å². The summed E-state index contributed by atoms with van der Waals surface area (Å²) in [5.74, 6) is -0.237. The molecule has 0 aliphatic carbocycles. The Balaban J connectivity index is 1.41. The molecular weight excluding hydrogens is 585 g/mol. The predicted octanol–water partition coefficient (Wildman–Crippen LogP) is 1.99. The molecule has 1 aromatic heterocycles. The summed E-state index contributed by atoms with van der Waals surface area (Å²) in [7, 11) is 1.50. The lowest BCUT2D eigenvalue weighted by molar-refractivity contribution is -0.125. The van der Waals surface area contributed by atoms with Crippen molar-refractivity contribution < 1.29 is 37.7 Å². The molecule has 1 fully saturated rings. The SMILES string of the molecule is COc1ccc2cc1OCC(=O)N[C@@H]1CN(C(=O)c3ncccc3OCCN)CC[C@H]1Oc1cc(F)cc(c1)CNC(=O)CC2. The van der Waals surface area contributed by atoms with Gasteiger partial charge in [-0.1, -0.05) is 6.07 Å². The van der Waals surface area contributed by atoms with Crippen LogP contribution in [-0.2, 0) is 22.6 Å². The fourth-order valence-corrected chi connectivity index (χ4v) is 5.27. The van der Waals surface area contributed by atoms with E-state index in [-0.39, 0.29) is 69.1 Å². The Kier molecular flexibility index (Phi) is 10.3. The maximum absolute atomic E-state index is 14.6. The summed E-state index contributed by atoms with van der Waals surface area (Å²) in [5, 5.41) is 5.76. The van der Waals surface area contributed by atoms with Crippen LogP contribution in [0.3, 0.4) is 0 Å². The first-order valence-electron chi connectivity index (χ1n) is 14.7. The summed E-state index contributed by atoms with van der Waals surface area (Å²) in [6.07, 6.45) is 1.82. The largest absolute Gasteiger partial charge is 0.493 e. The van der Waals surface area contributed by atoms with Crippen molar-refractivity contribution in [1.29, 1.82) is 0 Å². The van der Waals surface area contributed by atoms with Gasteiger partial charge >= 0.3 is 0 Å². The first kappa shape index (κ1) is 31.5. The third kappa shape index (κ3) is 8.18. The van der Waals surface area contributed by atoms with Gasteiger partial charge in [-0.15, -0.1) is 0 Å². The Bertz CT molecular complexity index is 1540. The number of halogens is 1. The lowest BCUT2D eigenvalue weighted by Gasteiger charge is -2.38. The van der Waals surface area contributed by atoms with Gasteiger partial charge in [0.15, 0.2) is 29.5 Å². The number of aryl methyl sites for hydroxylation is 1. The normalized spacial score (nSPS) is 19.0. The molecule has 0 unspecified atom stereocenters. The number of carbonyl (C=O) groups is 3. The fraction of sp³-hybridized carbons (Fsp3) is 0.375. The number of aromatic nitrogens is 1. The third-order valence-corrected chi connectivity index (χ3v) is 7.47.